The van der Waals surface area contributed by atoms with Gasteiger partial charge in [0.1, 0.15) is 0 Å². The minimum atomic E-state index is -4.31. The van der Waals surface area contributed by atoms with Gasteiger partial charge in [0.05, 0.1) is 11.5 Å². The van der Waals surface area contributed by atoms with Gasteiger partial charge in [0.15, 0.2) is 0 Å². The summed E-state index contributed by atoms with van der Waals surface area (Å²) in [5, 5.41) is 6.16. The zero-order chi connectivity index (χ0) is 15.2. The Balaban J connectivity index is 2.66. The van der Waals surface area contributed by atoms with Gasteiger partial charge in [-0.05, 0) is 37.8 Å². The molecule has 114 valence electrons. The van der Waals surface area contributed by atoms with E-state index in [1.165, 1.54) is 0 Å². The Hall–Kier alpha value is -1.47. The van der Waals surface area contributed by atoms with Crippen molar-refractivity contribution in [1.29, 1.82) is 0 Å². The molecule has 1 aliphatic rings. The maximum absolute atomic E-state index is 12.8. The molecule has 0 radical (unpaired) electrons. The summed E-state index contributed by atoms with van der Waals surface area (Å²) in [5.41, 5.74) is 12.1. The van der Waals surface area contributed by atoms with E-state index in [0.717, 1.165) is 0 Å². The summed E-state index contributed by atoms with van der Waals surface area (Å²) in [6, 6.07) is 0. The number of primary amides is 1. The van der Waals surface area contributed by atoms with Crippen molar-refractivity contribution in [2.75, 3.05) is 13.1 Å². The number of hydrogen-bond donors (Lipinski definition) is 2. The zero-order valence-electron chi connectivity index (χ0n) is 11.0. The van der Waals surface area contributed by atoms with Crippen molar-refractivity contribution in [3.63, 3.8) is 0 Å². The van der Waals surface area contributed by atoms with Crippen LogP contribution in [0.15, 0.2) is 5.11 Å². The number of nitrogens with zero attached hydrogens (tertiary/aromatic N) is 3. The minimum Gasteiger partial charge on any atom is -0.368 e. The van der Waals surface area contributed by atoms with Crippen molar-refractivity contribution in [2.45, 2.75) is 43.8 Å². The molecule has 3 N–H and O–H groups in total. The van der Waals surface area contributed by atoms with Crippen molar-refractivity contribution >= 4 is 5.91 Å². The quantitative estimate of drug-likeness (QED) is 0.339. The molecule has 1 saturated carbocycles. The van der Waals surface area contributed by atoms with Crippen LogP contribution in [0.4, 0.5) is 13.2 Å². The van der Waals surface area contributed by atoms with Crippen molar-refractivity contribution in [2.24, 2.45) is 16.8 Å². The number of nitrogens with one attached hydrogen (secondary N) is 1. The molecular weight excluding hydrogens is 275 g/mol. The highest BCUT2D eigenvalue weighted by Gasteiger charge is 2.49. The van der Waals surface area contributed by atoms with Gasteiger partial charge in [-0.25, -0.2) is 0 Å². The van der Waals surface area contributed by atoms with Gasteiger partial charge >= 0.3 is 6.18 Å². The van der Waals surface area contributed by atoms with E-state index in [1.54, 1.807) is 0 Å². The number of alkyl halides is 3. The number of carbonyl (C=O) groups is 1. The first-order valence-electron chi connectivity index (χ1n) is 6.44. The summed E-state index contributed by atoms with van der Waals surface area (Å²) >= 11 is 0. The summed E-state index contributed by atoms with van der Waals surface area (Å²) < 4.78 is 38.4. The number of rotatable bonds is 6. The molecule has 0 saturated heterocycles. The Bertz CT molecular complexity index is 394. The first-order valence-corrected chi connectivity index (χ1v) is 6.44. The van der Waals surface area contributed by atoms with Gasteiger partial charge in [-0.1, -0.05) is 11.5 Å². The number of halogens is 3. The fourth-order valence-electron chi connectivity index (χ4n) is 2.55. The topological polar surface area (TPSA) is 104 Å². The van der Waals surface area contributed by atoms with Crippen LogP contribution >= 0.6 is 0 Å². The third-order valence-corrected chi connectivity index (χ3v) is 3.65. The Morgan fingerprint density at radius 3 is 2.80 bits per heavy atom. The van der Waals surface area contributed by atoms with Crippen LogP contribution in [0.5, 0.6) is 0 Å². The van der Waals surface area contributed by atoms with E-state index in [-0.39, 0.29) is 25.9 Å². The van der Waals surface area contributed by atoms with E-state index in [2.05, 4.69) is 15.3 Å². The summed E-state index contributed by atoms with van der Waals surface area (Å²) in [6.07, 6.45) is -3.57. The van der Waals surface area contributed by atoms with E-state index < -0.39 is 23.5 Å². The molecule has 1 fully saturated rings. The Morgan fingerprint density at radius 2 is 2.25 bits per heavy atom. The van der Waals surface area contributed by atoms with Gasteiger partial charge in [-0.3, -0.25) is 4.79 Å². The van der Waals surface area contributed by atoms with Crippen LogP contribution in [-0.2, 0) is 4.79 Å². The van der Waals surface area contributed by atoms with Gasteiger partial charge in [0, 0.05) is 11.5 Å². The van der Waals surface area contributed by atoms with Gasteiger partial charge in [0.2, 0.25) is 5.91 Å². The van der Waals surface area contributed by atoms with Gasteiger partial charge in [-0.2, -0.15) is 13.2 Å². The highest BCUT2D eigenvalue weighted by atomic mass is 19.4. The molecule has 2 atom stereocenters. The van der Waals surface area contributed by atoms with E-state index in [4.69, 9.17) is 11.3 Å². The maximum atomic E-state index is 12.8. The predicted molar refractivity (Wildman–Crippen MR) is 66.6 cm³/mol. The third-order valence-electron chi connectivity index (χ3n) is 3.65. The molecule has 9 heteroatoms. The lowest BCUT2D eigenvalue weighted by atomic mass is 9.74. The van der Waals surface area contributed by atoms with Crippen LogP contribution in [0.25, 0.3) is 10.4 Å². The molecule has 1 rings (SSSR count). The minimum absolute atomic E-state index is 0.0267. The van der Waals surface area contributed by atoms with E-state index >= 15 is 0 Å². The predicted octanol–water partition coefficient (Wildman–Crippen LogP) is 2.25. The van der Waals surface area contributed by atoms with Crippen LogP contribution in [0, 0.1) is 5.92 Å². The molecule has 2 unspecified atom stereocenters. The molecule has 0 bridgehead atoms. The summed E-state index contributed by atoms with van der Waals surface area (Å²) in [7, 11) is 0. The number of azide groups is 1. The number of hydrogen-bond acceptors (Lipinski definition) is 3. The summed E-state index contributed by atoms with van der Waals surface area (Å²) in [6.45, 7) is 0.508. The van der Waals surface area contributed by atoms with E-state index in [0.29, 0.717) is 19.3 Å². The second-order valence-corrected chi connectivity index (χ2v) is 5.02. The molecule has 0 heterocycles. The number of carbonyl (C=O) groups excluding carboxylic acids is 1. The Morgan fingerprint density at radius 1 is 1.55 bits per heavy atom. The van der Waals surface area contributed by atoms with Crippen molar-refractivity contribution < 1.29 is 18.0 Å². The third kappa shape index (κ3) is 4.28. The molecule has 0 aliphatic heterocycles. The highest BCUT2D eigenvalue weighted by molar-refractivity contribution is 5.84. The number of amides is 1. The van der Waals surface area contributed by atoms with Crippen LogP contribution in [-0.4, -0.2) is 30.7 Å². The SMILES string of the molecule is [N-]=[N+]=NCCCNC1(C(N)=O)CCCC(C(F)(F)F)C1. The average molecular weight is 293 g/mol. The van der Waals surface area contributed by atoms with Crippen LogP contribution in [0.3, 0.4) is 0 Å². The summed E-state index contributed by atoms with van der Waals surface area (Å²) in [5.74, 6) is -2.26. The first kappa shape index (κ1) is 16.6. The normalized spacial score (nSPS) is 26.9. The largest absolute Gasteiger partial charge is 0.391 e. The Kier molecular flexibility index (Phi) is 5.64. The van der Waals surface area contributed by atoms with Crippen molar-refractivity contribution in [1.82, 2.24) is 5.32 Å². The fourth-order valence-corrected chi connectivity index (χ4v) is 2.55. The van der Waals surface area contributed by atoms with Gasteiger partial charge in [-0.15, -0.1) is 0 Å². The average Bonchev–Trinajstić information content (AvgIpc) is 2.37. The van der Waals surface area contributed by atoms with Crippen LogP contribution < -0.4 is 11.1 Å². The monoisotopic (exact) mass is 293 g/mol. The summed E-state index contributed by atoms with van der Waals surface area (Å²) in [4.78, 5) is 14.2. The van der Waals surface area contributed by atoms with E-state index in [9.17, 15) is 18.0 Å². The first-order chi connectivity index (χ1) is 9.32. The van der Waals surface area contributed by atoms with Crippen molar-refractivity contribution in [3.8, 4) is 0 Å². The van der Waals surface area contributed by atoms with Crippen LogP contribution in [0.1, 0.15) is 32.1 Å². The molecular formula is C11H18F3N5O. The molecule has 0 spiro atoms. The molecule has 6 nitrogen and oxygen atoms in total. The lowest BCUT2D eigenvalue weighted by Gasteiger charge is -2.40. The maximum Gasteiger partial charge on any atom is 0.391 e. The molecule has 0 aromatic rings. The Labute approximate surface area is 114 Å². The second-order valence-electron chi connectivity index (χ2n) is 5.02. The lowest BCUT2D eigenvalue weighted by Crippen LogP contribution is -2.59. The molecule has 20 heavy (non-hydrogen) atoms. The highest BCUT2D eigenvalue weighted by Crippen LogP contribution is 2.41. The number of nitrogens with two attached hydrogens (primary N) is 1. The standard InChI is InChI=1S/C11H18F3N5O/c12-11(13,14)8-3-1-4-10(7-8,9(15)20)17-5-2-6-18-19-16/h8,17H,1-7H2,(H2,15,20). The van der Waals surface area contributed by atoms with Gasteiger partial charge < -0.3 is 11.1 Å². The smallest absolute Gasteiger partial charge is 0.368 e. The molecule has 1 amide bonds. The molecule has 0 aromatic carbocycles. The van der Waals surface area contributed by atoms with E-state index in [1.807, 2.05) is 0 Å². The van der Waals surface area contributed by atoms with Gasteiger partial charge in [0.25, 0.3) is 0 Å². The zero-order valence-corrected chi connectivity index (χ0v) is 11.0. The second kappa shape index (κ2) is 6.81. The van der Waals surface area contributed by atoms with Crippen molar-refractivity contribution in [3.05, 3.63) is 10.4 Å². The fraction of sp³-hybridized carbons (Fsp3) is 0.909. The lowest BCUT2D eigenvalue weighted by molar-refractivity contribution is -0.188. The molecule has 1 aliphatic carbocycles. The van der Waals surface area contributed by atoms with Crippen LogP contribution in [0.2, 0.25) is 0 Å². The molecule has 0 aromatic heterocycles.